The molecule has 1 saturated heterocycles. The predicted octanol–water partition coefficient (Wildman–Crippen LogP) is 3.20. The maximum Gasteiger partial charge on any atom is 0.123 e. The van der Waals surface area contributed by atoms with Gasteiger partial charge in [-0.1, -0.05) is 18.6 Å². The van der Waals surface area contributed by atoms with Crippen molar-refractivity contribution in [3.8, 4) is 0 Å². The summed E-state index contributed by atoms with van der Waals surface area (Å²) in [6, 6.07) is 7.50. The molecule has 0 aromatic heterocycles. The summed E-state index contributed by atoms with van der Waals surface area (Å²) in [4.78, 5) is 0. The van der Waals surface area contributed by atoms with Gasteiger partial charge in [-0.2, -0.15) is 11.8 Å². The van der Waals surface area contributed by atoms with Crippen LogP contribution in [0.1, 0.15) is 24.8 Å². The monoisotopic (exact) mass is 239 g/mol. The van der Waals surface area contributed by atoms with Crippen LogP contribution < -0.4 is 5.32 Å². The van der Waals surface area contributed by atoms with Gasteiger partial charge in [0.2, 0.25) is 0 Å². The van der Waals surface area contributed by atoms with Gasteiger partial charge in [-0.25, -0.2) is 4.39 Å². The number of halogens is 1. The minimum absolute atomic E-state index is 0.150. The molecule has 1 aromatic rings. The molecule has 1 unspecified atom stereocenters. The van der Waals surface area contributed by atoms with Crippen LogP contribution in [0.25, 0.3) is 0 Å². The predicted molar refractivity (Wildman–Crippen MR) is 68.2 cm³/mol. The van der Waals surface area contributed by atoms with Gasteiger partial charge < -0.3 is 5.32 Å². The summed E-state index contributed by atoms with van der Waals surface area (Å²) in [5, 5.41) is 3.53. The summed E-state index contributed by atoms with van der Waals surface area (Å²) < 4.78 is 12.7. The Morgan fingerprint density at radius 3 is 2.75 bits per heavy atom. The standard InChI is InChI=1S/C13H18FNS/c14-12-6-4-11(5-7-12)9-16-10-13-3-1-2-8-15-13/h4-7,13,15H,1-3,8-10H2. The molecule has 0 amide bonds. The first-order valence-corrected chi connectivity index (χ1v) is 7.05. The van der Waals surface area contributed by atoms with E-state index in [1.54, 1.807) is 0 Å². The molecule has 0 saturated carbocycles. The summed E-state index contributed by atoms with van der Waals surface area (Å²) in [7, 11) is 0. The van der Waals surface area contributed by atoms with Crippen LogP contribution in [-0.2, 0) is 5.75 Å². The molecule has 16 heavy (non-hydrogen) atoms. The molecular weight excluding hydrogens is 221 g/mol. The Bertz CT molecular complexity index is 306. The number of hydrogen-bond donors (Lipinski definition) is 1. The molecule has 3 heteroatoms. The van der Waals surface area contributed by atoms with Crippen LogP contribution in [0.5, 0.6) is 0 Å². The second kappa shape index (κ2) is 6.26. The molecular formula is C13H18FNS. The van der Waals surface area contributed by atoms with Crippen molar-refractivity contribution in [1.29, 1.82) is 0 Å². The van der Waals surface area contributed by atoms with Gasteiger partial charge in [0.1, 0.15) is 5.82 Å². The van der Waals surface area contributed by atoms with Crippen molar-refractivity contribution in [2.24, 2.45) is 0 Å². The number of hydrogen-bond acceptors (Lipinski definition) is 2. The Balaban J connectivity index is 1.69. The highest BCUT2D eigenvalue weighted by atomic mass is 32.2. The third kappa shape index (κ3) is 3.80. The fraction of sp³-hybridized carbons (Fsp3) is 0.538. The average molecular weight is 239 g/mol. The van der Waals surface area contributed by atoms with E-state index in [0.717, 1.165) is 11.5 Å². The second-order valence-electron chi connectivity index (χ2n) is 4.29. The molecule has 0 aliphatic carbocycles. The molecule has 2 rings (SSSR count). The molecule has 1 aliphatic heterocycles. The summed E-state index contributed by atoms with van der Waals surface area (Å²) in [5.74, 6) is 2.00. The Morgan fingerprint density at radius 2 is 2.06 bits per heavy atom. The van der Waals surface area contributed by atoms with Gasteiger partial charge in [0.25, 0.3) is 0 Å². The van der Waals surface area contributed by atoms with Gasteiger partial charge in [0, 0.05) is 17.5 Å². The Hall–Kier alpha value is -0.540. The molecule has 88 valence electrons. The van der Waals surface area contributed by atoms with E-state index in [4.69, 9.17) is 0 Å². The fourth-order valence-corrected chi connectivity index (χ4v) is 3.08. The molecule has 1 nitrogen and oxygen atoms in total. The first-order chi connectivity index (χ1) is 7.84. The SMILES string of the molecule is Fc1ccc(CSCC2CCCCN2)cc1. The minimum atomic E-state index is -0.150. The molecule has 1 fully saturated rings. The van der Waals surface area contributed by atoms with E-state index in [0.29, 0.717) is 6.04 Å². The third-order valence-corrected chi connectivity index (χ3v) is 4.09. The number of nitrogens with one attached hydrogen (secondary N) is 1. The summed E-state index contributed by atoms with van der Waals surface area (Å²) in [5.41, 5.74) is 1.21. The van der Waals surface area contributed by atoms with E-state index in [-0.39, 0.29) is 5.82 Å². The van der Waals surface area contributed by atoms with Crippen LogP contribution in [-0.4, -0.2) is 18.3 Å². The Kier molecular flexibility index (Phi) is 4.67. The molecule has 1 aliphatic rings. The Morgan fingerprint density at radius 1 is 1.25 bits per heavy atom. The minimum Gasteiger partial charge on any atom is -0.313 e. The third-order valence-electron chi connectivity index (χ3n) is 2.91. The first-order valence-electron chi connectivity index (χ1n) is 5.90. The van der Waals surface area contributed by atoms with Gasteiger partial charge in [-0.15, -0.1) is 0 Å². The fourth-order valence-electron chi connectivity index (χ4n) is 1.97. The zero-order valence-electron chi connectivity index (χ0n) is 9.42. The smallest absolute Gasteiger partial charge is 0.123 e. The van der Waals surface area contributed by atoms with Crippen LogP contribution in [0.3, 0.4) is 0 Å². The largest absolute Gasteiger partial charge is 0.313 e. The van der Waals surface area contributed by atoms with Crippen molar-refractivity contribution in [2.45, 2.75) is 31.1 Å². The lowest BCUT2D eigenvalue weighted by atomic mass is 10.1. The lowest BCUT2D eigenvalue weighted by molar-refractivity contribution is 0.430. The molecule has 1 aromatic carbocycles. The number of thioether (sulfide) groups is 1. The maximum atomic E-state index is 12.7. The Labute approximate surface area is 101 Å². The van der Waals surface area contributed by atoms with Gasteiger partial charge in [0.05, 0.1) is 0 Å². The van der Waals surface area contributed by atoms with Crippen LogP contribution >= 0.6 is 11.8 Å². The average Bonchev–Trinajstić information content (AvgIpc) is 2.33. The van der Waals surface area contributed by atoms with E-state index in [1.165, 1.54) is 43.5 Å². The molecule has 0 spiro atoms. The highest BCUT2D eigenvalue weighted by Crippen LogP contribution is 2.17. The van der Waals surface area contributed by atoms with Crippen molar-refractivity contribution < 1.29 is 4.39 Å². The van der Waals surface area contributed by atoms with E-state index in [2.05, 4.69) is 5.32 Å². The molecule has 0 bridgehead atoms. The highest BCUT2D eigenvalue weighted by Gasteiger charge is 2.11. The quantitative estimate of drug-likeness (QED) is 0.866. The number of rotatable bonds is 4. The molecule has 1 atom stereocenters. The topological polar surface area (TPSA) is 12.0 Å². The van der Waals surface area contributed by atoms with Gasteiger partial charge in [0.15, 0.2) is 0 Å². The van der Waals surface area contributed by atoms with Crippen molar-refractivity contribution in [3.05, 3.63) is 35.6 Å². The molecule has 0 radical (unpaired) electrons. The lowest BCUT2D eigenvalue weighted by Gasteiger charge is -2.22. The number of benzene rings is 1. The summed E-state index contributed by atoms with van der Waals surface area (Å²) >= 11 is 1.93. The van der Waals surface area contributed by atoms with E-state index >= 15 is 0 Å². The zero-order chi connectivity index (χ0) is 11.2. The maximum absolute atomic E-state index is 12.7. The van der Waals surface area contributed by atoms with E-state index in [1.807, 2.05) is 23.9 Å². The van der Waals surface area contributed by atoms with Crippen LogP contribution in [0.15, 0.2) is 24.3 Å². The van der Waals surface area contributed by atoms with Crippen molar-refractivity contribution in [1.82, 2.24) is 5.32 Å². The van der Waals surface area contributed by atoms with Gasteiger partial charge >= 0.3 is 0 Å². The first kappa shape index (κ1) is 11.9. The zero-order valence-corrected chi connectivity index (χ0v) is 10.2. The van der Waals surface area contributed by atoms with Gasteiger partial charge in [-0.05, 0) is 37.1 Å². The van der Waals surface area contributed by atoms with E-state index in [9.17, 15) is 4.39 Å². The van der Waals surface area contributed by atoms with Crippen LogP contribution in [0, 0.1) is 5.82 Å². The van der Waals surface area contributed by atoms with Crippen molar-refractivity contribution in [3.63, 3.8) is 0 Å². The van der Waals surface area contributed by atoms with Crippen LogP contribution in [0.4, 0.5) is 4.39 Å². The summed E-state index contributed by atoms with van der Waals surface area (Å²) in [6.07, 6.45) is 3.98. The van der Waals surface area contributed by atoms with E-state index < -0.39 is 0 Å². The highest BCUT2D eigenvalue weighted by molar-refractivity contribution is 7.98. The lowest BCUT2D eigenvalue weighted by Crippen LogP contribution is -2.35. The van der Waals surface area contributed by atoms with Crippen molar-refractivity contribution in [2.75, 3.05) is 12.3 Å². The van der Waals surface area contributed by atoms with Gasteiger partial charge in [-0.3, -0.25) is 0 Å². The molecule has 1 N–H and O–H groups in total. The normalized spacial score (nSPS) is 20.9. The second-order valence-corrected chi connectivity index (χ2v) is 5.32. The number of piperidine rings is 1. The molecule has 1 heterocycles. The summed E-state index contributed by atoms with van der Waals surface area (Å²) in [6.45, 7) is 1.17. The van der Waals surface area contributed by atoms with Crippen LogP contribution in [0.2, 0.25) is 0 Å². The van der Waals surface area contributed by atoms with Crippen molar-refractivity contribution >= 4 is 11.8 Å².